The highest BCUT2D eigenvalue weighted by molar-refractivity contribution is 6.32. The predicted molar refractivity (Wildman–Crippen MR) is 76.9 cm³/mol. The Bertz CT molecular complexity index is 514. The highest BCUT2D eigenvalue weighted by atomic mass is 35.5. The van der Waals surface area contributed by atoms with Crippen molar-refractivity contribution in [1.29, 1.82) is 0 Å². The molecule has 1 heterocycles. The Morgan fingerprint density at radius 3 is 2.90 bits per heavy atom. The summed E-state index contributed by atoms with van der Waals surface area (Å²) in [4.78, 5) is 12.2. The minimum Gasteiger partial charge on any atom is -0.433 e. The lowest BCUT2D eigenvalue weighted by molar-refractivity contribution is -0.120. The molecule has 0 radical (unpaired) electrons. The molecule has 0 bridgehead atoms. The molecule has 1 fully saturated rings. The number of hydrogen-bond acceptors (Lipinski definition) is 3. The van der Waals surface area contributed by atoms with Crippen molar-refractivity contribution in [3.63, 3.8) is 0 Å². The van der Waals surface area contributed by atoms with Crippen LogP contribution in [-0.2, 0) is 4.79 Å². The molecule has 1 aromatic rings. The third-order valence-corrected chi connectivity index (χ3v) is 3.71. The number of amides is 1. The van der Waals surface area contributed by atoms with Crippen LogP contribution in [0.1, 0.15) is 19.8 Å². The van der Waals surface area contributed by atoms with Crippen molar-refractivity contribution < 1.29 is 18.3 Å². The number of anilines is 1. The number of carbonyl (C=O) groups is 1. The zero-order valence-corrected chi connectivity index (χ0v) is 12.3. The summed E-state index contributed by atoms with van der Waals surface area (Å²) in [6.07, 6.45) is 1.54. The van der Waals surface area contributed by atoms with Gasteiger partial charge in [0, 0.05) is 17.6 Å². The average molecular weight is 319 g/mol. The van der Waals surface area contributed by atoms with Crippen LogP contribution in [0.15, 0.2) is 18.2 Å². The maximum absolute atomic E-state index is 12.2. The van der Waals surface area contributed by atoms with Crippen LogP contribution < -0.4 is 15.4 Å². The molecule has 1 saturated heterocycles. The van der Waals surface area contributed by atoms with E-state index in [1.54, 1.807) is 0 Å². The normalized spacial score (nSPS) is 22.1. The van der Waals surface area contributed by atoms with Gasteiger partial charge >= 0.3 is 6.61 Å². The first-order chi connectivity index (χ1) is 9.95. The quantitative estimate of drug-likeness (QED) is 0.896. The van der Waals surface area contributed by atoms with Crippen LogP contribution in [0.25, 0.3) is 0 Å². The van der Waals surface area contributed by atoms with Gasteiger partial charge in [-0.15, -0.1) is 0 Å². The SMILES string of the molecule is C[C@H]1C[C@@H](C(=O)Nc2ccc(OC(F)F)c(Cl)c2)CCN1. The van der Waals surface area contributed by atoms with Crippen LogP contribution >= 0.6 is 11.6 Å². The minimum absolute atomic E-state index is 0.0341. The van der Waals surface area contributed by atoms with E-state index in [0.29, 0.717) is 11.7 Å². The van der Waals surface area contributed by atoms with Crippen LogP contribution in [0.2, 0.25) is 5.02 Å². The summed E-state index contributed by atoms with van der Waals surface area (Å²) >= 11 is 5.85. The Balaban J connectivity index is 1.99. The number of halogens is 3. The van der Waals surface area contributed by atoms with E-state index in [-0.39, 0.29) is 22.6 Å². The lowest BCUT2D eigenvalue weighted by Gasteiger charge is -2.27. The van der Waals surface area contributed by atoms with Crippen molar-refractivity contribution >= 4 is 23.2 Å². The molecule has 0 unspecified atom stereocenters. The van der Waals surface area contributed by atoms with Gasteiger partial charge < -0.3 is 15.4 Å². The third kappa shape index (κ3) is 4.54. The van der Waals surface area contributed by atoms with Crippen LogP contribution in [0.5, 0.6) is 5.75 Å². The molecule has 0 saturated carbocycles. The lowest BCUT2D eigenvalue weighted by atomic mass is 9.92. The molecule has 1 aromatic carbocycles. The zero-order valence-electron chi connectivity index (χ0n) is 11.5. The second-order valence-electron chi connectivity index (χ2n) is 5.09. The van der Waals surface area contributed by atoms with Gasteiger partial charge in [-0.3, -0.25) is 4.79 Å². The molecule has 7 heteroatoms. The van der Waals surface area contributed by atoms with Gasteiger partial charge in [-0.25, -0.2) is 0 Å². The Morgan fingerprint density at radius 1 is 1.52 bits per heavy atom. The van der Waals surface area contributed by atoms with Crippen molar-refractivity contribution in [3.05, 3.63) is 23.2 Å². The van der Waals surface area contributed by atoms with Crippen molar-refractivity contribution in [2.45, 2.75) is 32.4 Å². The second-order valence-corrected chi connectivity index (χ2v) is 5.50. The number of ether oxygens (including phenoxy) is 1. The van der Waals surface area contributed by atoms with Crippen molar-refractivity contribution in [2.24, 2.45) is 5.92 Å². The van der Waals surface area contributed by atoms with Crippen LogP contribution in [-0.4, -0.2) is 25.1 Å². The first kappa shape index (κ1) is 16.0. The summed E-state index contributed by atoms with van der Waals surface area (Å²) in [5.74, 6) is -0.251. The van der Waals surface area contributed by atoms with E-state index in [0.717, 1.165) is 19.4 Å². The van der Waals surface area contributed by atoms with Gasteiger partial charge in [0.2, 0.25) is 5.91 Å². The smallest absolute Gasteiger partial charge is 0.387 e. The number of rotatable bonds is 4. The molecule has 1 amide bonds. The molecular formula is C14H17ClF2N2O2. The Labute approximate surface area is 126 Å². The molecule has 4 nitrogen and oxygen atoms in total. The molecular weight excluding hydrogens is 302 g/mol. The van der Waals surface area contributed by atoms with Crippen LogP contribution in [0.4, 0.5) is 14.5 Å². The van der Waals surface area contributed by atoms with E-state index in [9.17, 15) is 13.6 Å². The number of alkyl halides is 2. The number of piperidine rings is 1. The topological polar surface area (TPSA) is 50.4 Å². The fraction of sp³-hybridized carbons (Fsp3) is 0.500. The number of nitrogens with one attached hydrogen (secondary N) is 2. The van der Waals surface area contributed by atoms with Gasteiger partial charge in [-0.2, -0.15) is 8.78 Å². The summed E-state index contributed by atoms with van der Waals surface area (Å²) < 4.78 is 28.5. The van der Waals surface area contributed by atoms with Crippen LogP contribution in [0, 0.1) is 5.92 Å². The van der Waals surface area contributed by atoms with Gasteiger partial charge in [0.15, 0.2) is 0 Å². The Morgan fingerprint density at radius 2 is 2.29 bits per heavy atom. The van der Waals surface area contributed by atoms with E-state index in [1.807, 2.05) is 6.92 Å². The molecule has 0 aliphatic carbocycles. The van der Waals surface area contributed by atoms with Gasteiger partial charge in [0.1, 0.15) is 5.75 Å². The highest BCUT2D eigenvalue weighted by Crippen LogP contribution is 2.29. The first-order valence-corrected chi connectivity index (χ1v) is 7.12. The third-order valence-electron chi connectivity index (χ3n) is 3.41. The average Bonchev–Trinajstić information content (AvgIpc) is 2.41. The maximum atomic E-state index is 12.2. The van der Waals surface area contributed by atoms with E-state index in [4.69, 9.17) is 11.6 Å². The molecule has 116 valence electrons. The summed E-state index contributed by atoms with van der Waals surface area (Å²) in [6, 6.07) is 4.52. The summed E-state index contributed by atoms with van der Waals surface area (Å²) in [5, 5.41) is 6.07. The fourth-order valence-corrected chi connectivity index (χ4v) is 2.61. The summed E-state index contributed by atoms with van der Waals surface area (Å²) in [7, 11) is 0. The van der Waals surface area contributed by atoms with Crippen LogP contribution in [0.3, 0.4) is 0 Å². The molecule has 1 aliphatic rings. The summed E-state index contributed by atoms with van der Waals surface area (Å²) in [6.45, 7) is -0.0901. The fourth-order valence-electron chi connectivity index (χ4n) is 2.38. The molecule has 2 rings (SSSR count). The van der Waals surface area contributed by atoms with Crippen molar-refractivity contribution in [3.8, 4) is 5.75 Å². The summed E-state index contributed by atoms with van der Waals surface area (Å²) in [5.41, 5.74) is 0.470. The number of benzene rings is 1. The molecule has 2 N–H and O–H groups in total. The van der Waals surface area contributed by atoms with Gasteiger partial charge in [-0.05, 0) is 44.5 Å². The number of carbonyl (C=O) groups excluding carboxylic acids is 1. The molecule has 1 aliphatic heterocycles. The Hall–Kier alpha value is -1.40. The highest BCUT2D eigenvalue weighted by Gasteiger charge is 2.24. The largest absolute Gasteiger partial charge is 0.433 e. The standard InChI is InChI=1S/C14H17ClF2N2O2/c1-8-6-9(4-5-18-8)13(20)19-10-2-3-12(11(15)7-10)21-14(16)17/h2-3,7-9,14,18H,4-6H2,1H3,(H,19,20)/t8-,9-/m0/s1. The lowest BCUT2D eigenvalue weighted by Crippen LogP contribution is -2.40. The van der Waals surface area contributed by atoms with E-state index >= 15 is 0 Å². The van der Waals surface area contributed by atoms with Crippen molar-refractivity contribution in [2.75, 3.05) is 11.9 Å². The molecule has 0 spiro atoms. The van der Waals surface area contributed by atoms with E-state index in [1.165, 1.54) is 18.2 Å². The second kappa shape index (κ2) is 7.04. The van der Waals surface area contributed by atoms with Gasteiger partial charge in [-0.1, -0.05) is 11.6 Å². The molecule has 2 atom stereocenters. The zero-order chi connectivity index (χ0) is 15.4. The molecule has 0 aromatic heterocycles. The van der Waals surface area contributed by atoms with Crippen molar-refractivity contribution in [1.82, 2.24) is 5.32 Å². The maximum Gasteiger partial charge on any atom is 0.387 e. The minimum atomic E-state index is -2.93. The number of hydrogen-bond donors (Lipinski definition) is 2. The Kier molecular flexibility index (Phi) is 5.36. The first-order valence-electron chi connectivity index (χ1n) is 6.74. The monoisotopic (exact) mass is 318 g/mol. The predicted octanol–water partition coefficient (Wildman–Crippen LogP) is 3.27. The van der Waals surface area contributed by atoms with Gasteiger partial charge in [0.05, 0.1) is 5.02 Å². The molecule has 21 heavy (non-hydrogen) atoms. The van der Waals surface area contributed by atoms with E-state index < -0.39 is 6.61 Å². The van der Waals surface area contributed by atoms with Gasteiger partial charge in [0.25, 0.3) is 0 Å². The van der Waals surface area contributed by atoms with E-state index in [2.05, 4.69) is 15.4 Å².